The number of aliphatic hydroxyl groups excluding tert-OH is 1. The number of carbonyl (C=O) groups excluding carboxylic acids is 2. The first-order valence-electron chi connectivity index (χ1n) is 8.04. The highest BCUT2D eigenvalue weighted by Gasteiger charge is 2.47. The summed E-state index contributed by atoms with van der Waals surface area (Å²) in [5.41, 5.74) is -1.15. The van der Waals surface area contributed by atoms with Crippen molar-refractivity contribution in [1.29, 1.82) is 0 Å². The molecule has 0 bridgehead atoms. The molecule has 5 unspecified atom stereocenters. The quantitative estimate of drug-likeness (QED) is 0.593. The molecular formula is C17H26O5. The summed E-state index contributed by atoms with van der Waals surface area (Å²) in [5.74, 6) is -0.289. The molecule has 0 aromatic rings. The molecule has 2 aliphatic carbocycles. The predicted molar refractivity (Wildman–Crippen MR) is 80.9 cm³/mol. The lowest BCUT2D eigenvalue weighted by molar-refractivity contribution is -0.143. The van der Waals surface area contributed by atoms with Crippen LogP contribution in [0.4, 0.5) is 0 Å². The van der Waals surface area contributed by atoms with E-state index >= 15 is 0 Å². The summed E-state index contributed by atoms with van der Waals surface area (Å²) in [6, 6.07) is 0. The number of aliphatic hydroxyl groups is 2. The van der Waals surface area contributed by atoms with Gasteiger partial charge in [-0.3, -0.25) is 9.59 Å². The molecule has 1 saturated carbocycles. The molecule has 124 valence electrons. The molecular weight excluding hydrogens is 284 g/mol. The van der Waals surface area contributed by atoms with Gasteiger partial charge in [-0.05, 0) is 43.9 Å². The summed E-state index contributed by atoms with van der Waals surface area (Å²) >= 11 is 0. The van der Waals surface area contributed by atoms with Crippen molar-refractivity contribution in [3.05, 3.63) is 12.2 Å². The zero-order valence-corrected chi connectivity index (χ0v) is 13.3. The number of hydrogen-bond donors (Lipinski definition) is 2. The van der Waals surface area contributed by atoms with E-state index in [1.54, 1.807) is 13.0 Å². The van der Waals surface area contributed by atoms with Crippen LogP contribution in [-0.4, -0.2) is 40.8 Å². The van der Waals surface area contributed by atoms with Gasteiger partial charge in [-0.15, -0.1) is 0 Å². The van der Waals surface area contributed by atoms with E-state index in [0.29, 0.717) is 0 Å². The lowest BCUT2D eigenvalue weighted by Gasteiger charge is -2.46. The van der Waals surface area contributed by atoms with Gasteiger partial charge in [0.25, 0.3) is 0 Å². The Hall–Kier alpha value is -1.20. The van der Waals surface area contributed by atoms with Crippen LogP contribution in [0.25, 0.3) is 0 Å². The molecule has 0 amide bonds. The van der Waals surface area contributed by atoms with E-state index in [0.717, 1.165) is 19.3 Å². The summed E-state index contributed by atoms with van der Waals surface area (Å²) < 4.78 is 4.85. The Morgan fingerprint density at radius 1 is 1.36 bits per heavy atom. The standard InChI is InChI=1S/C17H26O5/c1-11(19)22-8-6-15(20)16-14-4-3-12(10-18)9-13(14)5-7-17(16,2)21/h5,7,12-14,16,18,21H,3-4,6,8-10H2,1-2H3. The van der Waals surface area contributed by atoms with Crippen LogP contribution in [0.2, 0.25) is 0 Å². The van der Waals surface area contributed by atoms with Crippen LogP contribution in [0, 0.1) is 23.7 Å². The van der Waals surface area contributed by atoms with Crippen molar-refractivity contribution in [3.8, 4) is 0 Å². The largest absolute Gasteiger partial charge is 0.465 e. The van der Waals surface area contributed by atoms with Gasteiger partial charge < -0.3 is 14.9 Å². The van der Waals surface area contributed by atoms with Gasteiger partial charge in [0.2, 0.25) is 0 Å². The predicted octanol–water partition coefficient (Wildman–Crippen LogP) is 1.47. The number of esters is 1. The van der Waals surface area contributed by atoms with E-state index < -0.39 is 17.5 Å². The Labute approximate surface area is 131 Å². The number of carbonyl (C=O) groups is 2. The Morgan fingerprint density at radius 2 is 2.09 bits per heavy atom. The van der Waals surface area contributed by atoms with Gasteiger partial charge in [-0.2, -0.15) is 0 Å². The molecule has 0 spiro atoms. The minimum absolute atomic E-state index is 0.0481. The molecule has 0 aromatic heterocycles. The van der Waals surface area contributed by atoms with Crippen LogP contribution in [0.15, 0.2) is 12.2 Å². The van der Waals surface area contributed by atoms with E-state index in [4.69, 9.17) is 4.74 Å². The third-order valence-electron chi connectivity index (χ3n) is 5.06. The number of hydrogen-bond acceptors (Lipinski definition) is 5. The van der Waals surface area contributed by atoms with E-state index in [9.17, 15) is 19.8 Å². The van der Waals surface area contributed by atoms with Crippen molar-refractivity contribution < 1.29 is 24.5 Å². The zero-order chi connectivity index (χ0) is 16.3. The number of Topliss-reactive ketones (excluding diaryl/α,β-unsaturated/α-hetero) is 1. The normalized spacial score (nSPS) is 37.5. The van der Waals surface area contributed by atoms with Crippen molar-refractivity contribution in [2.45, 2.75) is 45.1 Å². The first-order chi connectivity index (χ1) is 10.3. The Bertz CT molecular complexity index is 454. The molecule has 0 heterocycles. The van der Waals surface area contributed by atoms with E-state index in [1.807, 2.05) is 6.08 Å². The summed E-state index contributed by atoms with van der Waals surface area (Å²) in [4.78, 5) is 23.4. The van der Waals surface area contributed by atoms with Crippen LogP contribution in [0.1, 0.15) is 39.5 Å². The second kappa shape index (κ2) is 6.92. The molecule has 0 aliphatic heterocycles. The third-order valence-corrected chi connectivity index (χ3v) is 5.06. The van der Waals surface area contributed by atoms with Crippen molar-refractivity contribution in [2.24, 2.45) is 23.7 Å². The van der Waals surface area contributed by atoms with Gasteiger partial charge in [-0.1, -0.05) is 12.2 Å². The van der Waals surface area contributed by atoms with E-state index in [1.165, 1.54) is 6.92 Å². The van der Waals surface area contributed by atoms with Crippen LogP contribution >= 0.6 is 0 Å². The SMILES string of the molecule is CC(=O)OCCC(=O)C1C2CCC(CO)CC2C=CC1(C)O. The lowest BCUT2D eigenvalue weighted by atomic mass is 9.60. The average Bonchev–Trinajstić information content (AvgIpc) is 2.45. The number of ketones is 1. The summed E-state index contributed by atoms with van der Waals surface area (Å²) in [5, 5.41) is 19.9. The maximum Gasteiger partial charge on any atom is 0.302 e. The second-order valence-electron chi connectivity index (χ2n) is 6.81. The molecule has 2 rings (SSSR count). The highest BCUT2D eigenvalue weighted by molar-refractivity contribution is 5.83. The number of ether oxygens (including phenoxy) is 1. The molecule has 0 saturated heterocycles. The first-order valence-corrected chi connectivity index (χ1v) is 8.04. The number of fused-ring (bicyclic) bond motifs is 1. The Kier molecular flexibility index (Phi) is 5.40. The van der Waals surface area contributed by atoms with Gasteiger partial charge in [0.1, 0.15) is 5.78 Å². The van der Waals surface area contributed by atoms with E-state index in [-0.39, 0.29) is 43.2 Å². The zero-order valence-electron chi connectivity index (χ0n) is 13.3. The van der Waals surface area contributed by atoms with Crippen LogP contribution in [0.5, 0.6) is 0 Å². The van der Waals surface area contributed by atoms with Crippen molar-refractivity contribution >= 4 is 11.8 Å². The Morgan fingerprint density at radius 3 is 2.73 bits per heavy atom. The molecule has 0 radical (unpaired) electrons. The molecule has 2 aliphatic rings. The van der Waals surface area contributed by atoms with Crippen molar-refractivity contribution in [1.82, 2.24) is 0 Å². The number of allylic oxidation sites excluding steroid dienone is 1. The molecule has 5 nitrogen and oxygen atoms in total. The maximum absolute atomic E-state index is 12.6. The maximum atomic E-state index is 12.6. The summed E-state index contributed by atoms with van der Waals surface area (Å²) in [7, 11) is 0. The topological polar surface area (TPSA) is 83.8 Å². The fourth-order valence-electron chi connectivity index (χ4n) is 3.99. The average molecular weight is 310 g/mol. The highest BCUT2D eigenvalue weighted by Crippen LogP contribution is 2.46. The van der Waals surface area contributed by atoms with Gasteiger partial charge in [0.05, 0.1) is 18.1 Å². The highest BCUT2D eigenvalue weighted by atomic mass is 16.5. The fraction of sp³-hybridized carbons (Fsp3) is 0.765. The molecule has 2 N–H and O–H groups in total. The van der Waals surface area contributed by atoms with Gasteiger partial charge in [0.15, 0.2) is 0 Å². The third kappa shape index (κ3) is 3.76. The van der Waals surface area contributed by atoms with Crippen molar-refractivity contribution in [3.63, 3.8) is 0 Å². The van der Waals surface area contributed by atoms with Crippen LogP contribution in [-0.2, 0) is 14.3 Å². The monoisotopic (exact) mass is 310 g/mol. The minimum atomic E-state index is -1.15. The first kappa shape index (κ1) is 17.2. The fourth-order valence-corrected chi connectivity index (χ4v) is 3.99. The minimum Gasteiger partial charge on any atom is -0.465 e. The molecule has 1 fully saturated rings. The van der Waals surface area contributed by atoms with Gasteiger partial charge in [0, 0.05) is 20.0 Å². The molecule has 5 heteroatoms. The van der Waals surface area contributed by atoms with Crippen LogP contribution < -0.4 is 0 Å². The van der Waals surface area contributed by atoms with Gasteiger partial charge in [-0.25, -0.2) is 0 Å². The van der Waals surface area contributed by atoms with E-state index in [2.05, 4.69) is 0 Å². The summed E-state index contributed by atoms with van der Waals surface area (Å²) in [6.45, 7) is 3.24. The summed E-state index contributed by atoms with van der Waals surface area (Å²) in [6.07, 6.45) is 6.45. The Balaban J connectivity index is 2.08. The molecule has 22 heavy (non-hydrogen) atoms. The molecule has 0 aromatic carbocycles. The smallest absolute Gasteiger partial charge is 0.302 e. The van der Waals surface area contributed by atoms with Gasteiger partial charge >= 0.3 is 5.97 Å². The number of rotatable bonds is 5. The van der Waals surface area contributed by atoms with Crippen molar-refractivity contribution in [2.75, 3.05) is 13.2 Å². The van der Waals surface area contributed by atoms with Crippen LogP contribution in [0.3, 0.4) is 0 Å². The second-order valence-corrected chi connectivity index (χ2v) is 6.81. The molecule has 5 atom stereocenters. The lowest BCUT2D eigenvalue weighted by Crippen LogP contribution is -2.49.